The van der Waals surface area contributed by atoms with Crippen molar-refractivity contribution in [1.82, 2.24) is 9.88 Å². The van der Waals surface area contributed by atoms with Crippen molar-refractivity contribution in [3.63, 3.8) is 0 Å². The normalized spacial score (nSPS) is 11.8. The Balaban J connectivity index is 2.37. The Labute approximate surface area is 109 Å². The van der Waals surface area contributed by atoms with E-state index in [1.54, 1.807) is 12.4 Å². The lowest BCUT2D eigenvalue weighted by atomic mass is 9.89. The van der Waals surface area contributed by atoms with Crippen LogP contribution in [0.2, 0.25) is 0 Å². The van der Waals surface area contributed by atoms with E-state index in [1.165, 1.54) is 5.56 Å². The van der Waals surface area contributed by atoms with E-state index >= 15 is 0 Å². The molecule has 1 rings (SSSR count). The van der Waals surface area contributed by atoms with Crippen LogP contribution in [-0.4, -0.2) is 41.1 Å². The number of aromatic nitrogens is 1. The van der Waals surface area contributed by atoms with Crippen LogP contribution in [0.4, 0.5) is 0 Å². The molecule has 4 nitrogen and oxygen atoms in total. The first kappa shape index (κ1) is 14.6. The molecule has 0 aromatic carbocycles. The lowest BCUT2D eigenvalue weighted by Crippen LogP contribution is -2.34. The van der Waals surface area contributed by atoms with E-state index in [-0.39, 0.29) is 11.8 Å². The van der Waals surface area contributed by atoms with Gasteiger partial charge >= 0.3 is 5.97 Å². The van der Waals surface area contributed by atoms with Crippen molar-refractivity contribution in [3.05, 3.63) is 30.1 Å². The van der Waals surface area contributed by atoms with Gasteiger partial charge in [0.15, 0.2) is 0 Å². The summed E-state index contributed by atoms with van der Waals surface area (Å²) in [5.74, 6) is -0.734. The molecule has 0 radical (unpaired) electrons. The number of carbonyl (C=O) groups is 1. The van der Waals surface area contributed by atoms with Crippen LogP contribution < -0.4 is 0 Å². The van der Waals surface area contributed by atoms with E-state index in [4.69, 9.17) is 5.11 Å². The average Bonchev–Trinajstić information content (AvgIpc) is 2.25. The summed E-state index contributed by atoms with van der Waals surface area (Å²) in [6, 6.07) is 4.02. The highest BCUT2D eigenvalue weighted by atomic mass is 16.4. The van der Waals surface area contributed by atoms with Gasteiger partial charge in [-0.05, 0) is 36.6 Å². The fourth-order valence-corrected chi connectivity index (χ4v) is 2.14. The van der Waals surface area contributed by atoms with E-state index in [0.717, 1.165) is 19.5 Å². The topological polar surface area (TPSA) is 53.4 Å². The Morgan fingerprint density at radius 3 is 2.56 bits per heavy atom. The lowest BCUT2D eigenvalue weighted by molar-refractivity contribution is -0.139. The summed E-state index contributed by atoms with van der Waals surface area (Å²) in [7, 11) is 2.03. The van der Waals surface area contributed by atoms with Crippen LogP contribution in [0.5, 0.6) is 0 Å². The molecule has 0 aliphatic carbocycles. The molecule has 0 atom stereocenters. The van der Waals surface area contributed by atoms with Crippen molar-refractivity contribution in [2.75, 3.05) is 20.1 Å². The van der Waals surface area contributed by atoms with Gasteiger partial charge in [-0.1, -0.05) is 13.8 Å². The summed E-state index contributed by atoms with van der Waals surface area (Å²) in [5.41, 5.74) is 1.06. The SMILES string of the molecule is CN(CCc1ccncc1)CC(C)(C)CC(=O)O. The van der Waals surface area contributed by atoms with Crippen molar-refractivity contribution < 1.29 is 9.90 Å². The number of likely N-dealkylation sites (N-methyl/N-ethyl adjacent to an activating group) is 1. The highest BCUT2D eigenvalue weighted by molar-refractivity contribution is 5.67. The molecular formula is C14H22N2O2. The molecule has 0 aliphatic rings. The van der Waals surface area contributed by atoms with Gasteiger partial charge in [-0.15, -0.1) is 0 Å². The molecule has 100 valence electrons. The number of nitrogens with zero attached hydrogens (tertiary/aromatic N) is 2. The van der Waals surface area contributed by atoms with Gasteiger partial charge in [-0.25, -0.2) is 0 Å². The van der Waals surface area contributed by atoms with Crippen molar-refractivity contribution in [3.8, 4) is 0 Å². The number of carboxylic acids is 1. The molecule has 1 heterocycles. The second-order valence-electron chi connectivity index (χ2n) is 5.58. The summed E-state index contributed by atoms with van der Waals surface area (Å²) in [6.07, 6.45) is 4.75. The van der Waals surface area contributed by atoms with E-state index in [9.17, 15) is 4.79 Å². The van der Waals surface area contributed by atoms with Crippen molar-refractivity contribution >= 4 is 5.97 Å². The van der Waals surface area contributed by atoms with Crippen LogP contribution in [0.15, 0.2) is 24.5 Å². The fraction of sp³-hybridized carbons (Fsp3) is 0.571. The number of aliphatic carboxylic acids is 1. The monoisotopic (exact) mass is 250 g/mol. The van der Waals surface area contributed by atoms with Crippen LogP contribution in [0.3, 0.4) is 0 Å². The van der Waals surface area contributed by atoms with Crippen LogP contribution in [0.25, 0.3) is 0 Å². The molecular weight excluding hydrogens is 228 g/mol. The first-order valence-corrected chi connectivity index (χ1v) is 6.18. The Bertz CT molecular complexity index is 377. The summed E-state index contributed by atoms with van der Waals surface area (Å²) in [5, 5.41) is 8.84. The maximum atomic E-state index is 10.8. The zero-order chi connectivity index (χ0) is 13.6. The smallest absolute Gasteiger partial charge is 0.303 e. The third-order valence-electron chi connectivity index (χ3n) is 2.86. The van der Waals surface area contributed by atoms with Crippen LogP contribution >= 0.6 is 0 Å². The molecule has 0 bridgehead atoms. The highest BCUT2D eigenvalue weighted by Gasteiger charge is 2.23. The van der Waals surface area contributed by atoms with Gasteiger partial charge in [0, 0.05) is 25.5 Å². The number of hydrogen-bond acceptors (Lipinski definition) is 3. The Morgan fingerprint density at radius 1 is 1.39 bits per heavy atom. The molecule has 0 spiro atoms. The van der Waals surface area contributed by atoms with Gasteiger partial charge in [-0.2, -0.15) is 0 Å². The molecule has 0 fully saturated rings. The van der Waals surface area contributed by atoms with Crippen molar-refractivity contribution in [2.24, 2.45) is 5.41 Å². The molecule has 4 heteroatoms. The second-order valence-corrected chi connectivity index (χ2v) is 5.58. The minimum atomic E-state index is -0.734. The summed E-state index contributed by atoms with van der Waals surface area (Å²) in [4.78, 5) is 16.9. The number of pyridine rings is 1. The average molecular weight is 250 g/mol. The summed E-state index contributed by atoms with van der Waals surface area (Å²) < 4.78 is 0. The molecule has 0 saturated heterocycles. The Kier molecular flexibility index (Phi) is 5.28. The van der Waals surface area contributed by atoms with Gasteiger partial charge in [-0.3, -0.25) is 9.78 Å². The van der Waals surface area contributed by atoms with E-state index in [2.05, 4.69) is 9.88 Å². The lowest BCUT2D eigenvalue weighted by Gasteiger charge is -2.28. The second kappa shape index (κ2) is 6.50. The zero-order valence-corrected chi connectivity index (χ0v) is 11.4. The predicted octanol–water partition coefficient (Wildman–Crippen LogP) is 2.06. The standard InChI is InChI=1S/C14H22N2O2/c1-14(2,10-13(17)18)11-16(3)9-6-12-4-7-15-8-5-12/h4-5,7-8H,6,9-11H2,1-3H3,(H,17,18). The molecule has 0 saturated carbocycles. The van der Waals surface area contributed by atoms with E-state index in [0.29, 0.717) is 0 Å². The first-order valence-electron chi connectivity index (χ1n) is 6.18. The molecule has 1 N–H and O–H groups in total. The third-order valence-corrected chi connectivity index (χ3v) is 2.86. The number of hydrogen-bond donors (Lipinski definition) is 1. The van der Waals surface area contributed by atoms with Crippen LogP contribution in [0, 0.1) is 5.41 Å². The van der Waals surface area contributed by atoms with E-state index < -0.39 is 5.97 Å². The third kappa shape index (κ3) is 5.77. The van der Waals surface area contributed by atoms with Crippen LogP contribution in [-0.2, 0) is 11.2 Å². The van der Waals surface area contributed by atoms with Crippen molar-refractivity contribution in [1.29, 1.82) is 0 Å². The molecule has 0 amide bonds. The van der Waals surface area contributed by atoms with Gasteiger partial charge in [0.25, 0.3) is 0 Å². The Morgan fingerprint density at radius 2 is 2.00 bits per heavy atom. The van der Waals surface area contributed by atoms with Gasteiger partial charge in [0.2, 0.25) is 0 Å². The predicted molar refractivity (Wildman–Crippen MR) is 71.5 cm³/mol. The largest absolute Gasteiger partial charge is 0.481 e. The quantitative estimate of drug-likeness (QED) is 0.804. The molecule has 0 unspecified atom stereocenters. The summed E-state index contributed by atoms with van der Waals surface area (Å²) >= 11 is 0. The van der Waals surface area contributed by atoms with Crippen LogP contribution in [0.1, 0.15) is 25.8 Å². The summed E-state index contributed by atoms with van der Waals surface area (Å²) in [6.45, 7) is 5.69. The minimum Gasteiger partial charge on any atom is -0.481 e. The van der Waals surface area contributed by atoms with Gasteiger partial charge in [0.05, 0.1) is 6.42 Å². The Hall–Kier alpha value is -1.42. The first-order chi connectivity index (χ1) is 8.39. The maximum Gasteiger partial charge on any atom is 0.303 e. The molecule has 18 heavy (non-hydrogen) atoms. The van der Waals surface area contributed by atoms with Gasteiger partial charge < -0.3 is 10.0 Å². The maximum absolute atomic E-state index is 10.8. The number of rotatable bonds is 7. The van der Waals surface area contributed by atoms with Crippen molar-refractivity contribution in [2.45, 2.75) is 26.7 Å². The molecule has 1 aromatic heterocycles. The molecule has 0 aliphatic heterocycles. The fourth-order valence-electron chi connectivity index (χ4n) is 2.14. The zero-order valence-electron chi connectivity index (χ0n) is 11.4. The minimum absolute atomic E-state index is 0.196. The molecule has 1 aromatic rings. The van der Waals surface area contributed by atoms with E-state index in [1.807, 2.05) is 33.0 Å². The number of carboxylic acid groups (broad SMARTS) is 1. The highest BCUT2D eigenvalue weighted by Crippen LogP contribution is 2.21. The van der Waals surface area contributed by atoms with Gasteiger partial charge in [0.1, 0.15) is 0 Å².